The Bertz CT molecular complexity index is 1680. The minimum absolute atomic E-state index is 0.106. The molecule has 0 spiro atoms. The zero-order chi connectivity index (χ0) is 63.6. The fourth-order valence-electron chi connectivity index (χ4n) is 10.1. The first-order chi connectivity index (χ1) is 41.4. The third-order valence-corrected chi connectivity index (χ3v) is 17.4. The molecule has 5 atom stereocenters. The van der Waals surface area contributed by atoms with Gasteiger partial charge in [-0.05, 0) is 37.5 Å². The number of aliphatic hydroxyl groups excluding tert-OH is 1. The smallest absolute Gasteiger partial charge is 0.462 e. The van der Waals surface area contributed by atoms with Crippen molar-refractivity contribution in [1.29, 1.82) is 0 Å². The summed E-state index contributed by atoms with van der Waals surface area (Å²) in [7, 11) is -9.89. The van der Waals surface area contributed by atoms with Crippen molar-refractivity contribution in [2.24, 2.45) is 11.8 Å². The van der Waals surface area contributed by atoms with Gasteiger partial charge in [0.1, 0.15) is 19.3 Å². The van der Waals surface area contributed by atoms with Crippen LogP contribution < -0.4 is 0 Å². The van der Waals surface area contributed by atoms with Crippen LogP contribution in [-0.4, -0.2) is 96.7 Å². The number of hydrogen-bond donors (Lipinski definition) is 3. The Kier molecular flexibility index (Phi) is 58.0. The fourth-order valence-corrected chi connectivity index (χ4v) is 11.6. The van der Waals surface area contributed by atoms with Crippen LogP contribution >= 0.6 is 15.6 Å². The van der Waals surface area contributed by atoms with Gasteiger partial charge in [-0.2, -0.15) is 0 Å². The molecular weight excluding hydrogens is 1140 g/mol. The number of esters is 4. The van der Waals surface area contributed by atoms with E-state index in [1.54, 1.807) is 0 Å². The molecule has 0 saturated heterocycles. The lowest BCUT2D eigenvalue weighted by atomic mass is 10.0. The van der Waals surface area contributed by atoms with Crippen LogP contribution in [-0.2, 0) is 65.4 Å². The molecular formula is C67H130O17P2. The normalized spacial score (nSPS) is 14.2. The van der Waals surface area contributed by atoms with Crippen molar-refractivity contribution in [2.45, 2.75) is 355 Å². The number of rotatable bonds is 66. The molecule has 0 heterocycles. The van der Waals surface area contributed by atoms with Gasteiger partial charge in [0.25, 0.3) is 0 Å². The fraction of sp³-hybridized carbons (Fsp3) is 0.940. The maximum Gasteiger partial charge on any atom is 0.472 e. The van der Waals surface area contributed by atoms with Crippen molar-refractivity contribution in [3.8, 4) is 0 Å². The average molecular weight is 1270 g/mol. The van der Waals surface area contributed by atoms with Gasteiger partial charge in [-0.25, -0.2) is 9.13 Å². The van der Waals surface area contributed by atoms with Gasteiger partial charge in [0.2, 0.25) is 0 Å². The standard InChI is InChI=1S/C67H130O17P2/c1-7-9-11-13-15-23-31-37-43-49-64(69)77-55-62(83-66(71)51-45-39-33-24-16-14-12-10-8-2)57-81-85(73,74)79-53-61(68)54-80-86(75,76)82-58-63(56-78-65(70)50-44-38-32-28-22-26-30-36-42-48-60(5)6)84-67(72)52-46-40-34-27-21-19-17-18-20-25-29-35-41-47-59(3)4/h59-63,68H,7-58H2,1-6H3,(H,73,74)(H,75,76)/t61-,62+,63+/m0/s1. The van der Waals surface area contributed by atoms with Crippen molar-refractivity contribution in [1.82, 2.24) is 0 Å². The highest BCUT2D eigenvalue weighted by molar-refractivity contribution is 7.47. The van der Waals surface area contributed by atoms with E-state index in [-0.39, 0.29) is 25.7 Å². The lowest BCUT2D eigenvalue weighted by Crippen LogP contribution is -2.30. The van der Waals surface area contributed by atoms with E-state index >= 15 is 0 Å². The van der Waals surface area contributed by atoms with E-state index in [1.165, 1.54) is 154 Å². The summed E-state index contributed by atoms with van der Waals surface area (Å²) in [5.74, 6) is -0.600. The molecule has 3 N–H and O–H groups in total. The molecule has 19 heteroatoms. The summed E-state index contributed by atoms with van der Waals surface area (Å²) < 4.78 is 68.1. The summed E-state index contributed by atoms with van der Waals surface area (Å²) in [4.78, 5) is 72.3. The van der Waals surface area contributed by atoms with Crippen LogP contribution in [0, 0.1) is 11.8 Å². The first-order valence-electron chi connectivity index (χ1n) is 35.0. The second-order valence-corrected chi connectivity index (χ2v) is 28.1. The molecule has 0 aromatic rings. The summed E-state index contributed by atoms with van der Waals surface area (Å²) in [5.41, 5.74) is 0. The van der Waals surface area contributed by atoms with E-state index in [9.17, 15) is 43.2 Å². The molecule has 86 heavy (non-hydrogen) atoms. The van der Waals surface area contributed by atoms with Gasteiger partial charge in [-0.3, -0.25) is 37.3 Å². The highest BCUT2D eigenvalue weighted by Crippen LogP contribution is 2.45. The van der Waals surface area contributed by atoms with Crippen LogP contribution in [0.15, 0.2) is 0 Å². The Balaban J connectivity index is 5.22. The maximum absolute atomic E-state index is 13.0. The van der Waals surface area contributed by atoms with Crippen LogP contribution in [0.5, 0.6) is 0 Å². The van der Waals surface area contributed by atoms with Crippen molar-refractivity contribution in [3.63, 3.8) is 0 Å². The Morgan fingerprint density at radius 2 is 0.535 bits per heavy atom. The number of ether oxygens (including phenoxy) is 4. The molecule has 0 saturated carbocycles. The average Bonchev–Trinajstić information content (AvgIpc) is 3.47. The number of hydrogen-bond acceptors (Lipinski definition) is 15. The Morgan fingerprint density at radius 3 is 0.791 bits per heavy atom. The molecule has 2 unspecified atom stereocenters. The predicted molar refractivity (Wildman–Crippen MR) is 345 cm³/mol. The molecule has 510 valence electrons. The molecule has 0 amide bonds. The third kappa shape index (κ3) is 60.9. The van der Waals surface area contributed by atoms with E-state index in [2.05, 4.69) is 41.5 Å². The third-order valence-electron chi connectivity index (χ3n) is 15.5. The van der Waals surface area contributed by atoms with Gasteiger partial charge in [-0.15, -0.1) is 0 Å². The van der Waals surface area contributed by atoms with Gasteiger partial charge in [-0.1, -0.05) is 286 Å². The second kappa shape index (κ2) is 59.4. The van der Waals surface area contributed by atoms with E-state index in [1.807, 2.05) is 0 Å². The van der Waals surface area contributed by atoms with Gasteiger partial charge < -0.3 is 33.8 Å². The molecule has 17 nitrogen and oxygen atoms in total. The summed E-state index contributed by atoms with van der Waals surface area (Å²) in [6.07, 6.45) is 43.0. The number of unbranched alkanes of at least 4 members (excludes halogenated alkanes) is 36. The molecule has 0 aromatic carbocycles. The van der Waals surface area contributed by atoms with E-state index < -0.39 is 97.5 Å². The van der Waals surface area contributed by atoms with E-state index in [0.29, 0.717) is 25.7 Å². The molecule has 0 fully saturated rings. The van der Waals surface area contributed by atoms with E-state index in [4.69, 9.17) is 37.0 Å². The maximum atomic E-state index is 13.0. The van der Waals surface area contributed by atoms with E-state index in [0.717, 1.165) is 102 Å². The van der Waals surface area contributed by atoms with Crippen molar-refractivity contribution < 1.29 is 80.2 Å². The first kappa shape index (κ1) is 84.1. The number of aliphatic hydroxyl groups is 1. The molecule has 0 radical (unpaired) electrons. The quantitative estimate of drug-likeness (QED) is 0.0222. The van der Waals surface area contributed by atoms with Crippen LogP contribution in [0.25, 0.3) is 0 Å². The zero-order valence-corrected chi connectivity index (χ0v) is 57.4. The molecule has 0 rings (SSSR count). The number of phosphoric ester groups is 2. The molecule has 0 aliphatic heterocycles. The van der Waals surface area contributed by atoms with Crippen LogP contribution in [0.3, 0.4) is 0 Å². The van der Waals surface area contributed by atoms with Gasteiger partial charge >= 0.3 is 39.5 Å². The number of phosphoric acid groups is 2. The van der Waals surface area contributed by atoms with Crippen molar-refractivity contribution in [2.75, 3.05) is 39.6 Å². The number of carbonyl (C=O) groups excluding carboxylic acids is 4. The van der Waals surface area contributed by atoms with Crippen LogP contribution in [0.1, 0.15) is 337 Å². The van der Waals surface area contributed by atoms with Crippen molar-refractivity contribution in [3.05, 3.63) is 0 Å². The molecule has 0 aromatic heterocycles. The lowest BCUT2D eigenvalue weighted by Gasteiger charge is -2.21. The van der Waals surface area contributed by atoms with Crippen LogP contribution in [0.2, 0.25) is 0 Å². The van der Waals surface area contributed by atoms with Crippen molar-refractivity contribution >= 4 is 39.5 Å². The lowest BCUT2D eigenvalue weighted by molar-refractivity contribution is -0.161. The molecule has 0 aliphatic rings. The SMILES string of the molecule is CCCCCCCCCCCC(=O)OC[C@H](COP(=O)(O)OC[C@H](O)COP(=O)(O)OC[C@@H](COC(=O)CCCCCCCCCCCC(C)C)OC(=O)CCCCCCCCCCCCCCCC(C)C)OC(=O)CCCCCCCCCCC. The largest absolute Gasteiger partial charge is 0.472 e. The summed E-state index contributed by atoms with van der Waals surface area (Å²) >= 11 is 0. The summed E-state index contributed by atoms with van der Waals surface area (Å²) in [5, 5.41) is 10.5. The van der Waals surface area contributed by atoms with Crippen LogP contribution in [0.4, 0.5) is 0 Å². The van der Waals surface area contributed by atoms with Gasteiger partial charge in [0, 0.05) is 25.7 Å². The highest BCUT2D eigenvalue weighted by atomic mass is 31.2. The molecule has 0 bridgehead atoms. The topological polar surface area (TPSA) is 237 Å². The Morgan fingerprint density at radius 1 is 0.314 bits per heavy atom. The minimum Gasteiger partial charge on any atom is -0.462 e. The second-order valence-electron chi connectivity index (χ2n) is 25.2. The first-order valence-corrected chi connectivity index (χ1v) is 38.0. The molecule has 0 aliphatic carbocycles. The van der Waals surface area contributed by atoms with Gasteiger partial charge in [0.05, 0.1) is 26.4 Å². The monoisotopic (exact) mass is 1270 g/mol. The zero-order valence-electron chi connectivity index (χ0n) is 55.6. The van der Waals surface area contributed by atoms with Gasteiger partial charge in [0.15, 0.2) is 12.2 Å². The number of carbonyl (C=O) groups is 4. The predicted octanol–water partition coefficient (Wildman–Crippen LogP) is 18.8. The Hall–Kier alpha value is -1.94. The highest BCUT2D eigenvalue weighted by Gasteiger charge is 2.30. The minimum atomic E-state index is -4.95. The Labute approximate surface area is 524 Å². The summed E-state index contributed by atoms with van der Waals surface area (Å²) in [6.45, 7) is 9.49. The summed E-state index contributed by atoms with van der Waals surface area (Å²) in [6, 6.07) is 0.